The predicted octanol–water partition coefficient (Wildman–Crippen LogP) is 1.08. The minimum atomic E-state index is -1.04. The molecule has 0 aliphatic carbocycles. The second-order valence-corrected chi connectivity index (χ2v) is 10.9. The summed E-state index contributed by atoms with van der Waals surface area (Å²) < 4.78 is 17.1. The van der Waals surface area contributed by atoms with Crippen LogP contribution in [-0.2, 0) is 23.8 Å². The van der Waals surface area contributed by atoms with E-state index < -0.39 is 47.5 Å². The predicted molar refractivity (Wildman–Crippen MR) is 158 cm³/mol. The summed E-state index contributed by atoms with van der Waals surface area (Å²) in [7, 11) is 0. The van der Waals surface area contributed by atoms with Crippen LogP contribution in [0.3, 0.4) is 0 Å². The molecule has 0 bridgehead atoms. The first-order chi connectivity index (χ1) is 21.7. The summed E-state index contributed by atoms with van der Waals surface area (Å²) in [6, 6.07) is 10.8. The molecular weight excluding hydrogens is 584 g/mol. The first kappa shape index (κ1) is 31.9. The molecule has 0 N–H and O–H groups in total. The first-order valence-electron chi connectivity index (χ1n) is 15.0. The molecule has 2 aromatic rings. The maximum absolute atomic E-state index is 13.5. The van der Waals surface area contributed by atoms with Gasteiger partial charge >= 0.3 is 0 Å². The summed E-state index contributed by atoms with van der Waals surface area (Å²) in [5.74, 6) is -2.91. The van der Waals surface area contributed by atoms with E-state index >= 15 is 0 Å². The second-order valence-electron chi connectivity index (χ2n) is 10.9. The molecule has 2 atom stereocenters. The van der Waals surface area contributed by atoms with Crippen LogP contribution in [-0.4, -0.2) is 133 Å². The molecule has 0 spiro atoms. The average Bonchev–Trinajstić information content (AvgIpc) is 3.45. The first-order valence-corrected chi connectivity index (χ1v) is 15.0. The Labute approximate surface area is 260 Å². The third kappa shape index (κ3) is 6.51. The molecule has 45 heavy (non-hydrogen) atoms. The van der Waals surface area contributed by atoms with E-state index in [1.807, 2.05) is 0 Å². The van der Waals surface area contributed by atoms with E-state index in [9.17, 15) is 28.8 Å². The maximum Gasteiger partial charge on any atom is 0.262 e. The van der Waals surface area contributed by atoms with Gasteiger partial charge in [-0.05, 0) is 38.1 Å². The van der Waals surface area contributed by atoms with Crippen LogP contribution in [0.15, 0.2) is 48.5 Å². The van der Waals surface area contributed by atoms with Crippen LogP contribution >= 0.6 is 0 Å². The zero-order valence-electron chi connectivity index (χ0n) is 25.3. The lowest BCUT2D eigenvalue weighted by molar-refractivity contribution is -0.136. The molecule has 3 aliphatic heterocycles. The Morgan fingerprint density at radius 2 is 0.778 bits per heavy atom. The van der Waals surface area contributed by atoms with Gasteiger partial charge in [0.2, 0.25) is 11.8 Å². The largest absolute Gasteiger partial charge is 0.378 e. The molecule has 1 saturated heterocycles. The van der Waals surface area contributed by atoms with Crippen LogP contribution in [0.25, 0.3) is 0 Å². The third-order valence-electron chi connectivity index (χ3n) is 8.16. The number of fused-ring (bicyclic) bond motifs is 2. The summed E-state index contributed by atoms with van der Waals surface area (Å²) in [5.41, 5.74) is 1.06. The number of carbonyl (C=O) groups is 6. The van der Waals surface area contributed by atoms with Gasteiger partial charge in [0.05, 0.1) is 61.9 Å². The fraction of sp³-hybridized carbons (Fsp3) is 0.438. The topological polar surface area (TPSA) is 143 Å². The summed E-state index contributed by atoms with van der Waals surface area (Å²) >= 11 is 0. The second kappa shape index (κ2) is 14.1. The van der Waals surface area contributed by atoms with Crippen molar-refractivity contribution in [2.24, 2.45) is 0 Å². The van der Waals surface area contributed by atoms with Crippen molar-refractivity contribution in [1.82, 2.24) is 19.6 Å². The normalized spacial score (nSPS) is 20.0. The summed E-state index contributed by atoms with van der Waals surface area (Å²) in [6.45, 7) is 4.89. The van der Waals surface area contributed by atoms with Gasteiger partial charge in [-0.25, -0.2) is 0 Å². The molecule has 0 radical (unpaired) electrons. The summed E-state index contributed by atoms with van der Waals surface area (Å²) in [6.07, 6.45) is 0. The smallest absolute Gasteiger partial charge is 0.262 e. The van der Waals surface area contributed by atoms with Crippen molar-refractivity contribution < 1.29 is 43.0 Å². The lowest BCUT2D eigenvalue weighted by atomic mass is 10.1. The molecule has 6 amide bonds. The Bertz CT molecular complexity index is 1310. The van der Waals surface area contributed by atoms with Crippen molar-refractivity contribution in [3.63, 3.8) is 0 Å². The fourth-order valence-electron chi connectivity index (χ4n) is 5.66. The van der Waals surface area contributed by atoms with Gasteiger partial charge in [-0.3, -0.25) is 38.6 Å². The number of ether oxygens (including phenoxy) is 3. The molecular formula is C32H36N4O9. The van der Waals surface area contributed by atoms with E-state index in [2.05, 4.69) is 0 Å². The highest BCUT2D eigenvalue weighted by Gasteiger charge is 2.43. The zero-order valence-corrected chi connectivity index (χ0v) is 25.3. The van der Waals surface area contributed by atoms with E-state index in [-0.39, 0.29) is 88.1 Å². The molecule has 0 saturated carbocycles. The van der Waals surface area contributed by atoms with Crippen LogP contribution in [0.2, 0.25) is 0 Å². The molecule has 2 aromatic carbocycles. The highest BCUT2D eigenvalue weighted by Crippen LogP contribution is 2.26. The van der Waals surface area contributed by atoms with Crippen molar-refractivity contribution in [2.75, 3.05) is 65.8 Å². The van der Waals surface area contributed by atoms with E-state index in [1.165, 1.54) is 23.6 Å². The summed E-state index contributed by atoms with van der Waals surface area (Å²) in [4.78, 5) is 83.8. The Kier molecular flexibility index (Phi) is 10.0. The Balaban J connectivity index is 1.21. The lowest BCUT2D eigenvalue weighted by Crippen LogP contribution is -2.51. The van der Waals surface area contributed by atoms with Crippen molar-refractivity contribution in [1.29, 1.82) is 0 Å². The molecule has 5 rings (SSSR count). The van der Waals surface area contributed by atoms with Crippen molar-refractivity contribution in [3.05, 3.63) is 70.8 Å². The average molecular weight is 621 g/mol. The number of imide groups is 2. The monoisotopic (exact) mass is 620 g/mol. The van der Waals surface area contributed by atoms with Crippen LogP contribution in [0, 0.1) is 0 Å². The minimum Gasteiger partial charge on any atom is -0.378 e. The van der Waals surface area contributed by atoms with Crippen LogP contribution in [0.5, 0.6) is 0 Å². The van der Waals surface area contributed by atoms with Gasteiger partial charge in [-0.1, -0.05) is 24.3 Å². The van der Waals surface area contributed by atoms with Crippen LogP contribution in [0.1, 0.15) is 55.3 Å². The summed E-state index contributed by atoms with van der Waals surface area (Å²) in [5, 5.41) is 0. The number of nitrogens with zero attached hydrogens (tertiary/aromatic N) is 4. The zero-order chi connectivity index (χ0) is 32.1. The number of rotatable bonds is 4. The van der Waals surface area contributed by atoms with Gasteiger partial charge in [0.1, 0.15) is 12.1 Å². The van der Waals surface area contributed by atoms with E-state index in [0.717, 1.165) is 9.80 Å². The molecule has 2 unspecified atom stereocenters. The van der Waals surface area contributed by atoms with Crippen molar-refractivity contribution in [3.8, 4) is 0 Å². The van der Waals surface area contributed by atoms with E-state index in [0.29, 0.717) is 0 Å². The fourth-order valence-corrected chi connectivity index (χ4v) is 5.66. The van der Waals surface area contributed by atoms with Gasteiger partial charge in [-0.2, -0.15) is 0 Å². The number of hydrogen-bond donors (Lipinski definition) is 0. The van der Waals surface area contributed by atoms with Gasteiger partial charge in [0.15, 0.2) is 0 Å². The van der Waals surface area contributed by atoms with E-state index in [1.54, 1.807) is 48.5 Å². The highest BCUT2D eigenvalue weighted by atomic mass is 16.5. The molecule has 3 aliphatic rings. The van der Waals surface area contributed by atoms with Gasteiger partial charge in [-0.15, -0.1) is 0 Å². The number of carbonyl (C=O) groups excluding carboxylic acids is 6. The van der Waals surface area contributed by atoms with Crippen molar-refractivity contribution in [2.45, 2.75) is 25.9 Å². The number of hydrogen-bond acceptors (Lipinski definition) is 9. The molecule has 13 heteroatoms. The number of amides is 6. The number of benzene rings is 2. The minimum absolute atomic E-state index is 0.118. The Hall–Kier alpha value is -4.46. The third-order valence-corrected chi connectivity index (χ3v) is 8.16. The highest BCUT2D eigenvalue weighted by molar-refractivity contribution is 6.23. The Morgan fingerprint density at radius 3 is 1.07 bits per heavy atom. The van der Waals surface area contributed by atoms with Crippen molar-refractivity contribution >= 4 is 35.4 Å². The van der Waals surface area contributed by atoms with Crippen LogP contribution in [0.4, 0.5) is 0 Å². The molecule has 13 nitrogen and oxygen atoms in total. The molecule has 3 heterocycles. The van der Waals surface area contributed by atoms with Crippen LogP contribution < -0.4 is 0 Å². The SMILES string of the molecule is CC(C(=O)N1CCOCCOCCN(C(=O)C(C)N2C(=O)c3ccccc3C2=O)CCOCC1)N1C(=O)c2ccccc2C1=O. The maximum atomic E-state index is 13.5. The molecule has 1 fully saturated rings. The van der Waals surface area contributed by atoms with Gasteiger partial charge < -0.3 is 24.0 Å². The van der Waals surface area contributed by atoms with E-state index in [4.69, 9.17) is 14.2 Å². The Morgan fingerprint density at radius 1 is 0.511 bits per heavy atom. The van der Waals surface area contributed by atoms with Gasteiger partial charge in [0, 0.05) is 26.2 Å². The standard InChI is InChI=1S/C32H36N4O9/c1-21(35-29(39)23-7-3-4-8-24(23)30(35)40)27(37)33-11-15-43-16-12-34(14-18-45-20-19-44-17-13-33)28(38)22(2)36-31(41)25-9-5-6-10-26(25)32(36)42/h3-10,21-22H,11-20H2,1-2H3. The molecule has 238 valence electrons. The molecule has 0 aromatic heterocycles. The van der Waals surface area contributed by atoms with Gasteiger partial charge in [0.25, 0.3) is 23.6 Å². The lowest BCUT2D eigenvalue weighted by Gasteiger charge is -2.30. The quantitative estimate of drug-likeness (QED) is 0.459.